The molecular weight excluding hydrogens is 338 g/mol. The molecule has 134 valence electrons. The van der Waals surface area contributed by atoms with Gasteiger partial charge in [0, 0.05) is 24.6 Å². The highest BCUT2D eigenvalue weighted by Crippen LogP contribution is 2.24. The van der Waals surface area contributed by atoms with Crippen LogP contribution in [0.15, 0.2) is 71.7 Å². The minimum Gasteiger partial charge on any atom is -0.339 e. The Kier molecular flexibility index (Phi) is 4.30. The van der Waals surface area contributed by atoms with Crippen LogP contribution in [0.25, 0.3) is 10.9 Å². The van der Waals surface area contributed by atoms with Crippen LogP contribution in [0.5, 0.6) is 0 Å². The zero-order valence-corrected chi connectivity index (χ0v) is 15.1. The van der Waals surface area contributed by atoms with Gasteiger partial charge in [0.1, 0.15) is 11.2 Å². The highest BCUT2D eigenvalue weighted by atomic mass is 16.1. The van der Waals surface area contributed by atoms with Crippen LogP contribution < -0.4 is 16.2 Å². The lowest BCUT2D eigenvalue weighted by molar-refractivity contribution is 0.871. The summed E-state index contributed by atoms with van der Waals surface area (Å²) in [7, 11) is 1.72. The van der Waals surface area contributed by atoms with E-state index < -0.39 is 0 Å². The molecule has 0 atom stereocenters. The van der Waals surface area contributed by atoms with E-state index in [1.807, 2.05) is 67.6 Å². The third-order valence-corrected chi connectivity index (χ3v) is 4.24. The summed E-state index contributed by atoms with van der Waals surface area (Å²) in [5, 5.41) is 6.93. The Labute approximate surface area is 156 Å². The summed E-state index contributed by atoms with van der Waals surface area (Å²) in [6, 6.07) is 19.4. The van der Waals surface area contributed by atoms with E-state index in [1.165, 1.54) is 4.57 Å². The van der Waals surface area contributed by atoms with Crippen molar-refractivity contribution in [3.8, 4) is 0 Å². The first-order valence-electron chi connectivity index (χ1n) is 8.63. The highest BCUT2D eigenvalue weighted by molar-refractivity contribution is 5.91. The molecule has 0 aliphatic heterocycles. The van der Waals surface area contributed by atoms with Crippen molar-refractivity contribution >= 4 is 34.0 Å². The van der Waals surface area contributed by atoms with Crippen LogP contribution in [-0.4, -0.2) is 14.5 Å². The Balaban J connectivity index is 1.84. The Morgan fingerprint density at radius 3 is 2.44 bits per heavy atom. The minimum absolute atomic E-state index is 0.145. The van der Waals surface area contributed by atoms with E-state index in [4.69, 9.17) is 0 Å². The number of hydrogen-bond donors (Lipinski definition) is 2. The van der Waals surface area contributed by atoms with Gasteiger partial charge in [0.2, 0.25) is 5.95 Å². The molecule has 2 N–H and O–H groups in total. The van der Waals surface area contributed by atoms with Gasteiger partial charge in [-0.25, -0.2) is 4.98 Å². The van der Waals surface area contributed by atoms with E-state index in [2.05, 4.69) is 20.6 Å². The second-order valence-electron chi connectivity index (χ2n) is 6.37. The molecule has 4 aromatic rings. The average Bonchev–Trinajstić information content (AvgIpc) is 2.65. The number of pyridine rings is 1. The van der Waals surface area contributed by atoms with Crippen molar-refractivity contribution < 1.29 is 0 Å². The number of nitrogens with one attached hydrogen (secondary N) is 2. The first kappa shape index (κ1) is 16.8. The lowest BCUT2D eigenvalue weighted by Crippen LogP contribution is -2.18. The van der Waals surface area contributed by atoms with Gasteiger partial charge in [-0.15, -0.1) is 0 Å². The number of benzene rings is 2. The van der Waals surface area contributed by atoms with E-state index in [9.17, 15) is 4.79 Å². The molecule has 6 heteroatoms. The fraction of sp³-hybridized carbons (Fsp3) is 0.0952. The van der Waals surface area contributed by atoms with Gasteiger partial charge in [-0.3, -0.25) is 4.79 Å². The van der Waals surface area contributed by atoms with E-state index in [0.717, 1.165) is 16.9 Å². The quantitative estimate of drug-likeness (QED) is 0.575. The maximum atomic E-state index is 12.7. The highest BCUT2D eigenvalue weighted by Gasteiger charge is 2.13. The normalized spacial score (nSPS) is 10.7. The molecule has 2 heterocycles. The van der Waals surface area contributed by atoms with Gasteiger partial charge in [-0.2, -0.15) is 4.98 Å². The van der Waals surface area contributed by atoms with E-state index >= 15 is 0 Å². The SMILES string of the molecule is Cc1cccc(Nc2nc(Nc3ccccc3)c3c(=O)n(C)ccc3n2)c1. The predicted molar refractivity (Wildman–Crippen MR) is 109 cm³/mol. The molecule has 0 fully saturated rings. The zero-order chi connectivity index (χ0) is 18.8. The van der Waals surface area contributed by atoms with E-state index in [0.29, 0.717) is 22.7 Å². The first-order chi connectivity index (χ1) is 13.1. The zero-order valence-electron chi connectivity index (χ0n) is 15.1. The Morgan fingerprint density at radius 1 is 0.889 bits per heavy atom. The number of para-hydroxylation sites is 1. The number of rotatable bonds is 4. The number of anilines is 4. The van der Waals surface area contributed by atoms with Gasteiger partial charge in [0.25, 0.3) is 5.56 Å². The van der Waals surface area contributed by atoms with Crippen molar-refractivity contribution in [2.45, 2.75) is 6.92 Å². The molecule has 0 radical (unpaired) electrons. The molecule has 4 rings (SSSR count). The van der Waals surface area contributed by atoms with Crippen LogP contribution in [0.3, 0.4) is 0 Å². The van der Waals surface area contributed by atoms with Crippen LogP contribution in [0.4, 0.5) is 23.1 Å². The summed E-state index contributed by atoms with van der Waals surface area (Å²) in [6.45, 7) is 2.03. The van der Waals surface area contributed by atoms with Gasteiger partial charge in [0.15, 0.2) is 0 Å². The van der Waals surface area contributed by atoms with Crippen molar-refractivity contribution in [2.75, 3.05) is 10.6 Å². The molecule has 0 saturated heterocycles. The Bertz CT molecular complexity index is 1170. The van der Waals surface area contributed by atoms with E-state index in [1.54, 1.807) is 13.2 Å². The number of hydrogen-bond acceptors (Lipinski definition) is 5. The Hall–Kier alpha value is -3.67. The molecule has 2 aromatic heterocycles. The molecule has 0 aliphatic carbocycles. The smallest absolute Gasteiger partial charge is 0.263 e. The second kappa shape index (κ2) is 6.92. The molecule has 0 amide bonds. The van der Waals surface area contributed by atoms with Crippen LogP contribution in [0.1, 0.15) is 5.56 Å². The number of aryl methyl sites for hydroxylation is 2. The molecule has 0 saturated carbocycles. The number of aromatic nitrogens is 3. The fourth-order valence-corrected chi connectivity index (χ4v) is 2.89. The van der Waals surface area contributed by atoms with Crippen molar-refractivity contribution in [3.05, 3.63) is 82.8 Å². The van der Waals surface area contributed by atoms with Crippen molar-refractivity contribution in [1.82, 2.24) is 14.5 Å². The van der Waals surface area contributed by atoms with Crippen molar-refractivity contribution in [1.29, 1.82) is 0 Å². The van der Waals surface area contributed by atoms with Crippen LogP contribution >= 0.6 is 0 Å². The summed E-state index contributed by atoms with van der Waals surface area (Å²) >= 11 is 0. The largest absolute Gasteiger partial charge is 0.339 e. The third-order valence-electron chi connectivity index (χ3n) is 4.24. The summed E-state index contributed by atoms with van der Waals surface area (Å²) in [5.74, 6) is 0.905. The lowest BCUT2D eigenvalue weighted by Gasteiger charge is -2.12. The fourth-order valence-electron chi connectivity index (χ4n) is 2.89. The predicted octanol–water partition coefficient (Wildman–Crippen LogP) is 4.12. The second-order valence-corrected chi connectivity index (χ2v) is 6.37. The minimum atomic E-state index is -0.145. The standard InChI is InChI=1S/C21H19N5O/c1-14-7-6-10-16(13-14)23-21-24-17-11-12-26(2)20(27)18(17)19(25-21)22-15-8-4-3-5-9-15/h3-13H,1-2H3,(H2,22,23,24,25). The van der Waals surface area contributed by atoms with Gasteiger partial charge in [-0.1, -0.05) is 30.3 Å². The molecule has 2 aromatic carbocycles. The van der Waals surface area contributed by atoms with Gasteiger partial charge < -0.3 is 15.2 Å². The van der Waals surface area contributed by atoms with Crippen molar-refractivity contribution in [3.63, 3.8) is 0 Å². The molecule has 0 bridgehead atoms. The molecule has 27 heavy (non-hydrogen) atoms. The molecular formula is C21H19N5O. The van der Waals surface area contributed by atoms with Crippen LogP contribution in [0.2, 0.25) is 0 Å². The monoisotopic (exact) mass is 357 g/mol. The maximum absolute atomic E-state index is 12.7. The first-order valence-corrected chi connectivity index (χ1v) is 8.63. The lowest BCUT2D eigenvalue weighted by atomic mass is 10.2. The van der Waals surface area contributed by atoms with Crippen LogP contribution in [-0.2, 0) is 7.05 Å². The number of fused-ring (bicyclic) bond motifs is 1. The molecule has 6 nitrogen and oxygen atoms in total. The van der Waals surface area contributed by atoms with Crippen molar-refractivity contribution in [2.24, 2.45) is 7.05 Å². The van der Waals surface area contributed by atoms with Gasteiger partial charge in [-0.05, 0) is 42.8 Å². The average molecular weight is 357 g/mol. The third kappa shape index (κ3) is 3.50. The molecule has 0 unspecified atom stereocenters. The topological polar surface area (TPSA) is 71.8 Å². The van der Waals surface area contributed by atoms with Gasteiger partial charge >= 0.3 is 0 Å². The maximum Gasteiger partial charge on any atom is 0.263 e. The summed E-state index contributed by atoms with van der Waals surface area (Å²) < 4.78 is 1.52. The van der Waals surface area contributed by atoms with Crippen LogP contribution in [0, 0.1) is 6.92 Å². The summed E-state index contributed by atoms with van der Waals surface area (Å²) in [4.78, 5) is 21.8. The summed E-state index contributed by atoms with van der Waals surface area (Å²) in [5.41, 5.74) is 3.32. The van der Waals surface area contributed by atoms with E-state index in [-0.39, 0.29) is 5.56 Å². The molecule has 0 aliphatic rings. The van der Waals surface area contributed by atoms with Gasteiger partial charge in [0.05, 0.1) is 5.52 Å². The Morgan fingerprint density at radius 2 is 1.67 bits per heavy atom. The number of nitrogens with zero attached hydrogens (tertiary/aromatic N) is 3. The molecule has 0 spiro atoms. The summed E-state index contributed by atoms with van der Waals surface area (Å²) in [6.07, 6.45) is 1.71.